The molecule has 2 aromatic rings. The summed E-state index contributed by atoms with van der Waals surface area (Å²) in [5.74, 6) is -3.71. The fourth-order valence-corrected chi connectivity index (χ4v) is 7.76. The molecular formula is C16H14N6Na2O7S4. The molecule has 2 aliphatic heterocycles. The molecule has 0 saturated carbocycles. The number of H-pyrrole nitrogens is 1. The molecule has 4 heterocycles. The predicted octanol–water partition coefficient (Wildman–Crippen LogP) is -8.08. The van der Waals surface area contributed by atoms with E-state index in [1.165, 1.54) is 11.3 Å². The number of hydrogen-bond donors (Lipinski definition) is 2. The molecule has 1 fully saturated rings. The monoisotopic (exact) mass is 576 g/mol. The number of thiophene rings is 1. The summed E-state index contributed by atoms with van der Waals surface area (Å²) in [5.41, 5.74) is -0.491. The summed E-state index contributed by atoms with van der Waals surface area (Å²) in [5, 5.41) is 27.3. The van der Waals surface area contributed by atoms with Gasteiger partial charge in [-0.15, -0.1) is 28.2 Å². The van der Waals surface area contributed by atoms with Crippen LogP contribution in [0.5, 0.6) is 0 Å². The van der Waals surface area contributed by atoms with Gasteiger partial charge < -0.3 is 19.8 Å². The number of thioether (sulfide) groups is 2. The van der Waals surface area contributed by atoms with Gasteiger partial charge in [0.05, 0.1) is 34.0 Å². The van der Waals surface area contributed by atoms with Gasteiger partial charge in [-0.05, 0) is 27.4 Å². The number of rotatable bonds is 9. The molecule has 2 aromatic heterocycles. The van der Waals surface area contributed by atoms with Crippen LogP contribution in [-0.2, 0) is 30.9 Å². The van der Waals surface area contributed by atoms with E-state index in [0.717, 1.165) is 33.3 Å². The zero-order valence-corrected chi connectivity index (χ0v) is 25.6. The van der Waals surface area contributed by atoms with Crippen molar-refractivity contribution in [2.24, 2.45) is 0 Å². The van der Waals surface area contributed by atoms with E-state index in [9.17, 15) is 32.5 Å². The van der Waals surface area contributed by atoms with Gasteiger partial charge in [-0.3, -0.25) is 14.5 Å². The number of aromatic nitrogens is 4. The van der Waals surface area contributed by atoms with Crippen molar-refractivity contribution in [3.05, 3.63) is 33.7 Å². The summed E-state index contributed by atoms with van der Waals surface area (Å²) >= 11 is 3.29. The second kappa shape index (κ2) is 12.9. The molecule has 2 aliphatic rings. The number of nitrogens with one attached hydrogen (secondary N) is 2. The van der Waals surface area contributed by atoms with Crippen molar-refractivity contribution in [1.29, 1.82) is 0 Å². The molecule has 35 heavy (non-hydrogen) atoms. The van der Waals surface area contributed by atoms with Crippen LogP contribution in [0.1, 0.15) is 4.88 Å². The SMILES string of the molecule is O=C(Cc1cccs1)NC1C(=O)N2C(C(=O)[O-])=C(C(CS(=O)(=O)[O-])Sc3nnn[nH]3)CS[C@@H]12.[Na+].[Na+]. The van der Waals surface area contributed by atoms with Gasteiger partial charge in [0.2, 0.25) is 11.1 Å². The summed E-state index contributed by atoms with van der Waals surface area (Å²) in [7, 11) is -4.77. The van der Waals surface area contributed by atoms with Crippen LogP contribution in [0.15, 0.2) is 33.9 Å². The zero-order chi connectivity index (χ0) is 23.8. The van der Waals surface area contributed by atoms with E-state index < -0.39 is 50.1 Å². The molecule has 1 saturated heterocycles. The van der Waals surface area contributed by atoms with Crippen molar-refractivity contribution >= 4 is 62.8 Å². The standard InChI is InChI=1S/C16H16N6O7S4.2Na/c23-10(4-7-2-1-3-30-7)17-11-13(24)22-12(15(25)26)8(5-31-14(11)22)9(6-33(27,28)29)32-16-18-20-21-19-16;;/h1-3,9,11,14H,4-6H2,(H,17,23)(H,25,26)(H,27,28,29)(H,18,19,20,21);;/q;2*+1/p-2/t9?,11?,14-;;/m0../s1. The first-order chi connectivity index (χ1) is 15.6. The fraction of sp³-hybridized carbons (Fsp3) is 0.375. The molecule has 4 rings (SSSR count). The van der Waals surface area contributed by atoms with Crippen LogP contribution in [0.3, 0.4) is 0 Å². The number of fused-ring (bicyclic) bond motifs is 1. The van der Waals surface area contributed by atoms with E-state index in [-0.39, 0.29) is 87.9 Å². The number of tetrazole rings is 1. The van der Waals surface area contributed by atoms with Crippen LogP contribution in [0.4, 0.5) is 0 Å². The number of aromatic amines is 1. The number of carboxylic acids is 1. The van der Waals surface area contributed by atoms with Crippen LogP contribution >= 0.6 is 34.9 Å². The largest absolute Gasteiger partial charge is 1.00 e. The minimum atomic E-state index is -4.77. The molecule has 13 nitrogen and oxygen atoms in total. The maximum absolute atomic E-state index is 12.8. The van der Waals surface area contributed by atoms with Crippen LogP contribution in [0.25, 0.3) is 0 Å². The first-order valence-electron chi connectivity index (χ1n) is 9.19. The topological polar surface area (TPSA) is 201 Å². The van der Waals surface area contributed by atoms with Gasteiger partial charge >= 0.3 is 59.1 Å². The van der Waals surface area contributed by atoms with Gasteiger partial charge in [0.25, 0.3) is 5.91 Å². The quantitative estimate of drug-likeness (QED) is 0.124. The Hall–Kier alpha value is -0.470. The minimum Gasteiger partial charge on any atom is -0.748 e. The van der Waals surface area contributed by atoms with Crippen LogP contribution in [-0.4, -0.2) is 84.4 Å². The Morgan fingerprint density at radius 3 is 2.69 bits per heavy atom. The average Bonchev–Trinajstić information content (AvgIpc) is 3.43. The van der Waals surface area contributed by atoms with E-state index >= 15 is 0 Å². The summed E-state index contributed by atoms with van der Waals surface area (Å²) in [6.07, 6.45) is 0.0819. The Labute approximate surface area is 256 Å². The molecule has 2 N–H and O–H groups in total. The molecule has 19 heteroatoms. The molecule has 3 atom stereocenters. The minimum absolute atomic E-state index is 0. The number of carbonyl (C=O) groups is 3. The van der Waals surface area contributed by atoms with Crippen molar-refractivity contribution < 1.29 is 91.6 Å². The Morgan fingerprint density at radius 1 is 1.37 bits per heavy atom. The Morgan fingerprint density at radius 2 is 2.11 bits per heavy atom. The maximum atomic E-state index is 12.8. The molecule has 2 amide bonds. The molecule has 0 bridgehead atoms. The van der Waals surface area contributed by atoms with Gasteiger partial charge in [0.1, 0.15) is 11.4 Å². The Kier molecular flexibility index (Phi) is 11.3. The third kappa shape index (κ3) is 7.31. The van der Waals surface area contributed by atoms with Crippen LogP contribution in [0.2, 0.25) is 0 Å². The third-order valence-electron chi connectivity index (χ3n) is 4.75. The number of hydrogen-bond acceptors (Lipinski definition) is 13. The molecule has 0 aliphatic carbocycles. The molecule has 176 valence electrons. The third-order valence-corrected chi connectivity index (χ3v) is 9.01. The second-order valence-electron chi connectivity index (χ2n) is 6.91. The van der Waals surface area contributed by atoms with Crippen molar-refractivity contribution in [2.75, 3.05) is 11.5 Å². The number of amides is 2. The zero-order valence-electron chi connectivity index (χ0n) is 18.4. The second-order valence-corrected chi connectivity index (χ2v) is 11.7. The van der Waals surface area contributed by atoms with Gasteiger partial charge in [-0.1, -0.05) is 17.8 Å². The fourth-order valence-electron chi connectivity index (χ4n) is 3.40. The van der Waals surface area contributed by atoms with Gasteiger partial charge in [-0.25, -0.2) is 13.5 Å². The summed E-state index contributed by atoms with van der Waals surface area (Å²) < 4.78 is 34.4. The van der Waals surface area contributed by atoms with Gasteiger partial charge in [-0.2, -0.15) is 0 Å². The average molecular weight is 577 g/mol. The molecule has 0 spiro atoms. The summed E-state index contributed by atoms with van der Waals surface area (Å²) in [6.45, 7) is 0. The number of carboxylic acid groups (broad SMARTS) is 1. The normalized spacial score (nSPS) is 20.1. The molecule has 2 unspecified atom stereocenters. The van der Waals surface area contributed by atoms with Crippen molar-refractivity contribution in [3.63, 3.8) is 0 Å². The van der Waals surface area contributed by atoms with E-state index in [1.54, 1.807) is 12.1 Å². The number of carbonyl (C=O) groups excluding carboxylic acids is 3. The van der Waals surface area contributed by atoms with E-state index in [4.69, 9.17) is 0 Å². The van der Waals surface area contributed by atoms with E-state index in [2.05, 4.69) is 25.9 Å². The smallest absolute Gasteiger partial charge is 0.748 e. The first kappa shape index (κ1) is 30.8. The van der Waals surface area contributed by atoms with E-state index in [1.807, 2.05) is 5.38 Å². The molecule has 0 aromatic carbocycles. The predicted molar refractivity (Wildman–Crippen MR) is 113 cm³/mol. The maximum Gasteiger partial charge on any atom is 1.00 e. The van der Waals surface area contributed by atoms with E-state index in [0.29, 0.717) is 0 Å². The molecule has 0 radical (unpaired) electrons. The van der Waals surface area contributed by atoms with Crippen molar-refractivity contribution in [3.8, 4) is 0 Å². The molecular weight excluding hydrogens is 562 g/mol. The Bertz CT molecular complexity index is 1210. The van der Waals surface area contributed by atoms with Crippen molar-refractivity contribution in [2.45, 2.75) is 28.2 Å². The summed E-state index contributed by atoms with van der Waals surface area (Å²) in [4.78, 5) is 38.8. The van der Waals surface area contributed by atoms with Crippen molar-refractivity contribution in [1.82, 2.24) is 30.8 Å². The van der Waals surface area contributed by atoms with Gasteiger partial charge in [0, 0.05) is 15.9 Å². The first-order valence-corrected chi connectivity index (χ1v) is 13.6. The number of β-lactam (4-membered cyclic amide) rings is 1. The van der Waals surface area contributed by atoms with Gasteiger partial charge in [0.15, 0.2) is 0 Å². The summed E-state index contributed by atoms with van der Waals surface area (Å²) in [6, 6.07) is 2.64. The Balaban J connectivity index is 0.00000216. The number of nitrogens with zero attached hydrogens (tertiary/aromatic N) is 4. The van der Waals surface area contributed by atoms with Crippen LogP contribution < -0.4 is 69.5 Å². The van der Waals surface area contributed by atoms with Crippen LogP contribution in [0, 0.1) is 0 Å². The number of aliphatic carboxylic acids is 1.